The van der Waals surface area contributed by atoms with E-state index in [1.807, 2.05) is 6.07 Å². The van der Waals surface area contributed by atoms with E-state index in [4.69, 9.17) is 5.26 Å². The summed E-state index contributed by atoms with van der Waals surface area (Å²) in [6.07, 6.45) is 1.17. The predicted octanol–water partition coefficient (Wildman–Crippen LogP) is 2.62. The highest BCUT2D eigenvalue weighted by molar-refractivity contribution is 7.89. The maximum Gasteiger partial charge on any atom is 0.287 e. The van der Waals surface area contributed by atoms with Crippen LogP contribution in [0.2, 0.25) is 0 Å². The number of nitrogens with one attached hydrogen (secondary N) is 1. The van der Waals surface area contributed by atoms with E-state index >= 15 is 0 Å². The van der Waals surface area contributed by atoms with E-state index in [-0.39, 0.29) is 17.0 Å². The molecule has 2 rings (SSSR count). The molecule has 2 aromatic carbocycles. The summed E-state index contributed by atoms with van der Waals surface area (Å²) in [6, 6.07) is 13.1. The van der Waals surface area contributed by atoms with Gasteiger partial charge in [0.2, 0.25) is 0 Å². The van der Waals surface area contributed by atoms with E-state index in [2.05, 4.69) is 5.32 Å². The summed E-state index contributed by atoms with van der Waals surface area (Å²) in [4.78, 5) is 10.2. The van der Waals surface area contributed by atoms with Gasteiger partial charge in [0, 0.05) is 24.6 Å². The molecular weight excluding hydrogens is 330 g/mol. The van der Waals surface area contributed by atoms with Crippen molar-refractivity contribution in [3.8, 4) is 6.07 Å². The van der Waals surface area contributed by atoms with Crippen LogP contribution in [-0.4, -0.2) is 19.6 Å². The number of sulfone groups is 1. The molecule has 24 heavy (non-hydrogen) atoms. The van der Waals surface area contributed by atoms with Crippen molar-refractivity contribution < 1.29 is 13.3 Å². The summed E-state index contributed by atoms with van der Waals surface area (Å²) in [5.74, 6) is -0.0610. The van der Waals surface area contributed by atoms with Gasteiger partial charge in [0.05, 0.1) is 10.7 Å². The fourth-order valence-corrected chi connectivity index (χ4v) is 3.09. The van der Waals surface area contributed by atoms with E-state index in [1.54, 1.807) is 24.3 Å². The maximum absolute atomic E-state index is 11.5. The molecule has 0 saturated heterocycles. The topological polar surface area (TPSA) is 113 Å². The smallest absolute Gasteiger partial charge is 0.287 e. The molecular formula is C16H15N3O4S. The molecule has 0 aliphatic rings. The van der Waals surface area contributed by atoms with E-state index in [9.17, 15) is 18.5 Å². The van der Waals surface area contributed by atoms with Crippen molar-refractivity contribution in [2.24, 2.45) is 0 Å². The molecule has 0 spiro atoms. The standard InChI is InChI=1S/C16H15N3O4S/c1-24(22,23)11-13-5-3-2-4-12(13)10-18-15-6-7-16(19(20)21)14(8-15)9-17/h2-8,18H,10-11H2,1H3. The first kappa shape index (κ1) is 17.4. The number of hydrogen-bond acceptors (Lipinski definition) is 6. The number of rotatable bonds is 6. The van der Waals surface area contributed by atoms with Crippen molar-refractivity contribution in [1.29, 1.82) is 5.26 Å². The molecule has 0 aliphatic heterocycles. The summed E-state index contributed by atoms with van der Waals surface area (Å²) in [7, 11) is -3.15. The molecule has 0 unspecified atom stereocenters. The van der Waals surface area contributed by atoms with Crippen molar-refractivity contribution in [3.63, 3.8) is 0 Å². The molecule has 0 fully saturated rings. The lowest BCUT2D eigenvalue weighted by molar-refractivity contribution is -0.385. The molecule has 0 heterocycles. The second-order valence-electron chi connectivity index (χ2n) is 5.29. The van der Waals surface area contributed by atoms with Gasteiger partial charge < -0.3 is 5.32 Å². The van der Waals surface area contributed by atoms with Crippen LogP contribution in [0.3, 0.4) is 0 Å². The maximum atomic E-state index is 11.5. The lowest BCUT2D eigenvalue weighted by atomic mass is 10.1. The Kier molecular flexibility index (Phi) is 5.16. The van der Waals surface area contributed by atoms with Gasteiger partial charge in [0.15, 0.2) is 9.84 Å². The first-order valence-corrected chi connectivity index (χ1v) is 9.03. The Balaban J connectivity index is 2.20. The average Bonchev–Trinajstić information content (AvgIpc) is 2.52. The summed E-state index contributed by atoms with van der Waals surface area (Å²) < 4.78 is 23.0. The van der Waals surface area contributed by atoms with Gasteiger partial charge in [-0.05, 0) is 23.3 Å². The van der Waals surface area contributed by atoms with Crippen LogP contribution in [0.25, 0.3) is 0 Å². The highest BCUT2D eigenvalue weighted by Crippen LogP contribution is 2.22. The zero-order valence-corrected chi connectivity index (χ0v) is 13.7. The number of nitro groups is 1. The number of nitrogens with zero attached hydrogens (tertiary/aromatic N) is 2. The predicted molar refractivity (Wildman–Crippen MR) is 90.1 cm³/mol. The fraction of sp³-hybridized carbons (Fsp3) is 0.188. The second kappa shape index (κ2) is 7.10. The number of hydrogen-bond donors (Lipinski definition) is 1. The highest BCUT2D eigenvalue weighted by atomic mass is 32.2. The van der Waals surface area contributed by atoms with Crippen LogP contribution in [0, 0.1) is 21.4 Å². The number of benzene rings is 2. The zero-order chi connectivity index (χ0) is 17.7. The molecule has 7 nitrogen and oxygen atoms in total. The largest absolute Gasteiger partial charge is 0.381 e. The molecule has 0 atom stereocenters. The van der Waals surface area contributed by atoms with Gasteiger partial charge in [-0.3, -0.25) is 10.1 Å². The molecule has 0 radical (unpaired) electrons. The minimum Gasteiger partial charge on any atom is -0.381 e. The highest BCUT2D eigenvalue weighted by Gasteiger charge is 2.14. The normalized spacial score (nSPS) is 10.8. The molecule has 0 aliphatic carbocycles. The molecule has 2 aromatic rings. The summed E-state index contributed by atoms with van der Waals surface area (Å²) in [6.45, 7) is 0.342. The first-order valence-electron chi connectivity index (χ1n) is 6.97. The molecule has 0 bridgehead atoms. The molecule has 0 amide bonds. The molecule has 0 aromatic heterocycles. The third kappa shape index (κ3) is 4.54. The Morgan fingerprint density at radius 2 is 1.88 bits per heavy atom. The molecule has 1 N–H and O–H groups in total. The lowest BCUT2D eigenvalue weighted by Crippen LogP contribution is -2.07. The van der Waals surface area contributed by atoms with Crippen molar-refractivity contribution in [3.05, 3.63) is 69.3 Å². The van der Waals surface area contributed by atoms with E-state index in [0.29, 0.717) is 17.8 Å². The van der Waals surface area contributed by atoms with Crippen LogP contribution >= 0.6 is 0 Å². The van der Waals surface area contributed by atoms with Gasteiger partial charge in [-0.15, -0.1) is 0 Å². The van der Waals surface area contributed by atoms with Crippen LogP contribution in [0.15, 0.2) is 42.5 Å². The monoisotopic (exact) mass is 345 g/mol. The number of anilines is 1. The Morgan fingerprint density at radius 3 is 2.46 bits per heavy atom. The van der Waals surface area contributed by atoms with Gasteiger partial charge in [0.1, 0.15) is 11.6 Å². The second-order valence-corrected chi connectivity index (χ2v) is 7.43. The molecule has 0 saturated carbocycles. The van der Waals surface area contributed by atoms with Crippen molar-refractivity contribution >= 4 is 21.2 Å². The van der Waals surface area contributed by atoms with Crippen LogP contribution in [0.5, 0.6) is 0 Å². The third-order valence-electron chi connectivity index (χ3n) is 3.33. The number of nitriles is 1. The summed E-state index contributed by atoms with van der Waals surface area (Å²) in [5.41, 5.74) is 1.76. The quantitative estimate of drug-likeness (QED) is 0.636. The van der Waals surface area contributed by atoms with Gasteiger partial charge in [0.25, 0.3) is 5.69 Å². The minimum absolute atomic E-state index is 0.0329. The van der Waals surface area contributed by atoms with Crippen LogP contribution in [-0.2, 0) is 22.1 Å². The Labute approximate surface area is 139 Å². The summed E-state index contributed by atoms with van der Waals surface area (Å²) >= 11 is 0. The van der Waals surface area contributed by atoms with Crippen LogP contribution in [0.1, 0.15) is 16.7 Å². The zero-order valence-electron chi connectivity index (χ0n) is 12.9. The SMILES string of the molecule is CS(=O)(=O)Cc1ccccc1CNc1ccc([N+](=O)[O-])c(C#N)c1. The third-order valence-corrected chi connectivity index (χ3v) is 4.17. The van der Waals surface area contributed by atoms with Crippen LogP contribution < -0.4 is 5.32 Å². The van der Waals surface area contributed by atoms with E-state index in [0.717, 1.165) is 5.56 Å². The van der Waals surface area contributed by atoms with Gasteiger partial charge >= 0.3 is 0 Å². The van der Waals surface area contributed by atoms with E-state index < -0.39 is 14.8 Å². The van der Waals surface area contributed by atoms with E-state index in [1.165, 1.54) is 24.5 Å². The minimum atomic E-state index is -3.15. The molecule has 8 heteroatoms. The summed E-state index contributed by atoms with van der Waals surface area (Å²) in [5, 5.41) is 22.9. The average molecular weight is 345 g/mol. The molecule has 124 valence electrons. The van der Waals surface area contributed by atoms with Gasteiger partial charge in [-0.2, -0.15) is 5.26 Å². The Bertz CT molecular complexity index is 917. The fourth-order valence-electron chi connectivity index (χ4n) is 2.25. The lowest BCUT2D eigenvalue weighted by Gasteiger charge is -2.11. The van der Waals surface area contributed by atoms with Gasteiger partial charge in [-0.1, -0.05) is 24.3 Å². The van der Waals surface area contributed by atoms with Crippen molar-refractivity contribution in [2.75, 3.05) is 11.6 Å². The first-order chi connectivity index (χ1) is 11.3. The Hall–Kier alpha value is -2.92. The van der Waals surface area contributed by atoms with Crippen molar-refractivity contribution in [1.82, 2.24) is 0 Å². The van der Waals surface area contributed by atoms with Gasteiger partial charge in [-0.25, -0.2) is 8.42 Å². The number of nitro benzene ring substituents is 1. The Morgan fingerprint density at radius 1 is 1.21 bits per heavy atom. The van der Waals surface area contributed by atoms with Crippen LogP contribution in [0.4, 0.5) is 11.4 Å². The van der Waals surface area contributed by atoms with Crippen molar-refractivity contribution in [2.45, 2.75) is 12.3 Å².